The first-order valence-electron chi connectivity index (χ1n) is 6.38. The first-order valence-corrected chi connectivity index (χ1v) is 6.38. The zero-order chi connectivity index (χ0) is 16.1. The van der Waals surface area contributed by atoms with E-state index in [4.69, 9.17) is 5.26 Å². The number of hydrogen-bond donors (Lipinski definition) is 2. The monoisotopic (exact) mass is 301 g/mol. The number of nitro benzene ring substituents is 1. The Morgan fingerprint density at radius 3 is 2.73 bits per heavy atom. The van der Waals surface area contributed by atoms with Crippen molar-refractivity contribution in [2.75, 3.05) is 11.9 Å². The lowest BCUT2D eigenvalue weighted by Gasteiger charge is -2.14. The van der Waals surface area contributed by atoms with Gasteiger partial charge in [0.15, 0.2) is 0 Å². The van der Waals surface area contributed by atoms with E-state index in [1.54, 1.807) is 6.07 Å². The standard InChI is InChI=1S/C15H12FN3O3/c16-13-4-2-1-3-12(13)15(20)9-18-14-6-5-11(19(21)22)7-10(14)8-17/h1-7,15,18,20H,9H2. The van der Waals surface area contributed by atoms with Crippen LogP contribution in [0.2, 0.25) is 0 Å². The zero-order valence-corrected chi connectivity index (χ0v) is 11.4. The lowest BCUT2D eigenvalue weighted by atomic mass is 10.1. The predicted molar refractivity (Wildman–Crippen MR) is 77.7 cm³/mol. The summed E-state index contributed by atoms with van der Waals surface area (Å²) in [6.07, 6.45) is -1.11. The molecule has 0 amide bonds. The molecule has 0 aliphatic carbocycles. The Kier molecular flexibility index (Phi) is 4.66. The highest BCUT2D eigenvalue weighted by atomic mass is 19.1. The first-order chi connectivity index (χ1) is 10.5. The summed E-state index contributed by atoms with van der Waals surface area (Å²) >= 11 is 0. The molecule has 0 radical (unpaired) electrons. The van der Waals surface area contributed by atoms with Crippen LogP contribution in [0.1, 0.15) is 17.2 Å². The summed E-state index contributed by atoms with van der Waals surface area (Å²) in [6.45, 7) is -0.0343. The van der Waals surface area contributed by atoms with Crippen LogP contribution < -0.4 is 5.32 Å². The number of anilines is 1. The van der Waals surface area contributed by atoms with E-state index >= 15 is 0 Å². The third-order valence-electron chi connectivity index (χ3n) is 3.08. The molecule has 0 saturated carbocycles. The molecule has 2 aromatic rings. The van der Waals surface area contributed by atoms with Crippen LogP contribution in [0.5, 0.6) is 0 Å². The number of rotatable bonds is 5. The zero-order valence-electron chi connectivity index (χ0n) is 11.4. The molecule has 0 saturated heterocycles. The van der Waals surface area contributed by atoms with E-state index < -0.39 is 16.8 Å². The van der Waals surface area contributed by atoms with Gasteiger partial charge in [0, 0.05) is 24.2 Å². The highest BCUT2D eigenvalue weighted by Gasteiger charge is 2.14. The van der Waals surface area contributed by atoms with Gasteiger partial charge >= 0.3 is 0 Å². The number of nitrogens with one attached hydrogen (secondary N) is 1. The molecule has 2 aromatic carbocycles. The van der Waals surface area contributed by atoms with Crippen molar-refractivity contribution in [2.45, 2.75) is 6.10 Å². The molecule has 1 unspecified atom stereocenters. The summed E-state index contributed by atoms with van der Waals surface area (Å²) < 4.78 is 13.5. The maximum absolute atomic E-state index is 13.5. The Balaban J connectivity index is 2.13. The van der Waals surface area contributed by atoms with Crippen molar-refractivity contribution in [3.8, 4) is 6.07 Å². The maximum Gasteiger partial charge on any atom is 0.270 e. The van der Waals surface area contributed by atoms with Gasteiger partial charge in [-0.25, -0.2) is 4.39 Å². The lowest BCUT2D eigenvalue weighted by Crippen LogP contribution is -2.14. The maximum atomic E-state index is 13.5. The van der Waals surface area contributed by atoms with Crippen molar-refractivity contribution in [2.24, 2.45) is 0 Å². The highest BCUT2D eigenvalue weighted by Crippen LogP contribution is 2.23. The summed E-state index contributed by atoms with van der Waals surface area (Å²) in [6, 6.07) is 11.4. The van der Waals surface area contributed by atoms with Gasteiger partial charge in [-0.1, -0.05) is 18.2 Å². The molecular formula is C15H12FN3O3. The average molecular weight is 301 g/mol. The predicted octanol–water partition coefficient (Wildman–Crippen LogP) is 2.75. The molecule has 2 N–H and O–H groups in total. The molecule has 7 heteroatoms. The van der Waals surface area contributed by atoms with Crippen LogP contribution in [0.3, 0.4) is 0 Å². The van der Waals surface area contributed by atoms with E-state index in [9.17, 15) is 19.6 Å². The fourth-order valence-corrected chi connectivity index (χ4v) is 1.95. The smallest absolute Gasteiger partial charge is 0.270 e. The largest absolute Gasteiger partial charge is 0.386 e. The summed E-state index contributed by atoms with van der Waals surface area (Å²) in [5.74, 6) is -0.527. The Morgan fingerprint density at radius 1 is 1.36 bits per heavy atom. The van der Waals surface area contributed by atoms with Crippen LogP contribution in [0.25, 0.3) is 0 Å². The van der Waals surface area contributed by atoms with Gasteiger partial charge in [-0.3, -0.25) is 10.1 Å². The molecule has 0 aliphatic rings. The normalized spacial score (nSPS) is 11.5. The lowest BCUT2D eigenvalue weighted by molar-refractivity contribution is -0.384. The molecule has 112 valence electrons. The Labute approximate surface area is 125 Å². The Bertz CT molecular complexity index is 743. The third kappa shape index (κ3) is 3.37. The highest BCUT2D eigenvalue weighted by molar-refractivity contribution is 5.61. The SMILES string of the molecule is N#Cc1cc([N+](=O)[O-])ccc1NCC(O)c1ccccc1F. The van der Waals surface area contributed by atoms with E-state index in [0.717, 1.165) is 6.07 Å². The summed E-state index contributed by atoms with van der Waals surface area (Å²) in [5, 5.41) is 32.4. The van der Waals surface area contributed by atoms with Crippen LogP contribution >= 0.6 is 0 Å². The molecule has 0 fully saturated rings. The van der Waals surface area contributed by atoms with Gasteiger partial charge in [-0.15, -0.1) is 0 Å². The third-order valence-corrected chi connectivity index (χ3v) is 3.08. The van der Waals surface area contributed by atoms with Crippen LogP contribution in [0.15, 0.2) is 42.5 Å². The average Bonchev–Trinajstić information content (AvgIpc) is 2.52. The molecule has 0 spiro atoms. The number of nitrogens with zero attached hydrogens (tertiary/aromatic N) is 2. The fourth-order valence-electron chi connectivity index (χ4n) is 1.95. The topological polar surface area (TPSA) is 99.2 Å². The van der Waals surface area contributed by atoms with E-state index in [-0.39, 0.29) is 23.4 Å². The number of hydrogen-bond acceptors (Lipinski definition) is 5. The first kappa shape index (κ1) is 15.4. The van der Waals surface area contributed by atoms with Gasteiger partial charge in [0.2, 0.25) is 0 Å². The second-order valence-electron chi connectivity index (χ2n) is 4.52. The van der Waals surface area contributed by atoms with Crippen LogP contribution in [-0.4, -0.2) is 16.6 Å². The van der Waals surface area contributed by atoms with Crippen molar-refractivity contribution < 1.29 is 14.4 Å². The molecule has 1 atom stereocenters. The van der Waals surface area contributed by atoms with E-state index in [0.29, 0.717) is 5.69 Å². The number of aliphatic hydroxyl groups excluding tert-OH is 1. The van der Waals surface area contributed by atoms with Gasteiger partial charge in [0.25, 0.3) is 5.69 Å². The Hall–Kier alpha value is -2.98. The summed E-state index contributed by atoms with van der Waals surface area (Å²) in [4.78, 5) is 10.1. The van der Waals surface area contributed by atoms with E-state index in [1.807, 2.05) is 6.07 Å². The van der Waals surface area contributed by atoms with Gasteiger partial charge in [-0.05, 0) is 12.1 Å². The van der Waals surface area contributed by atoms with Gasteiger partial charge in [0.05, 0.1) is 22.3 Å². The van der Waals surface area contributed by atoms with E-state index in [2.05, 4.69) is 5.32 Å². The number of non-ortho nitro benzene ring substituents is 1. The van der Waals surface area contributed by atoms with E-state index in [1.165, 1.54) is 30.3 Å². The molecule has 6 nitrogen and oxygen atoms in total. The minimum absolute atomic E-state index is 0.0343. The summed E-state index contributed by atoms with van der Waals surface area (Å²) in [7, 11) is 0. The Morgan fingerprint density at radius 2 is 2.09 bits per heavy atom. The molecule has 0 bridgehead atoms. The van der Waals surface area contributed by atoms with Crippen molar-refractivity contribution in [1.29, 1.82) is 5.26 Å². The van der Waals surface area contributed by atoms with Crippen LogP contribution in [0, 0.1) is 27.3 Å². The number of nitriles is 1. The molecule has 0 heterocycles. The molecule has 22 heavy (non-hydrogen) atoms. The number of halogens is 1. The second-order valence-corrected chi connectivity index (χ2v) is 4.52. The fraction of sp³-hybridized carbons (Fsp3) is 0.133. The quantitative estimate of drug-likeness (QED) is 0.653. The van der Waals surface area contributed by atoms with Gasteiger partial charge in [-0.2, -0.15) is 5.26 Å². The van der Waals surface area contributed by atoms with Gasteiger partial charge in [0.1, 0.15) is 11.9 Å². The molecular weight excluding hydrogens is 289 g/mol. The molecule has 0 aliphatic heterocycles. The van der Waals surface area contributed by atoms with Crippen LogP contribution in [0.4, 0.5) is 15.8 Å². The number of aliphatic hydroxyl groups is 1. The van der Waals surface area contributed by atoms with Crippen molar-refractivity contribution in [3.63, 3.8) is 0 Å². The summed E-state index contributed by atoms with van der Waals surface area (Å²) in [5.41, 5.74) is 0.352. The van der Waals surface area contributed by atoms with Crippen molar-refractivity contribution >= 4 is 11.4 Å². The van der Waals surface area contributed by atoms with Gasteiger partial charge < -0.3 is 10.4 Å². The minimum atomic E-state index is -1.11. The number of nitro groups is 1. The molecule has 0 aromatic heterocycles. The second kappa shape index (κ2) is 6.65. The minimum Gasteiger partial charge on any atom is -0.386 e. The van der Waals surface area contributed by atoms with Crippen molar-refractivity contribution in [1.82, 2.24) is 0 Å². The van der Waals surface area contributed by atoms with Crippen LogP contribution in [-0.2, 0) is 0 Å². The molecule has 2 rings (SSSR count). The number of benzene rings is 2. The van der Waals surface area contributed by atoms with Crippen molar-refractivity contribution in [3.05, 3.63) is 69.5 Å².